The topological polar surface area (TPSA) is 56.5 Å². The number of ether oxygens (including phenoxy) is 2. The van der Waals surface area contributed by atoms with E-state index in [2.05, 4.69) is 5.32 Å². The Kier molecular flexibility index (Phi) is 3.06. The molecular formula is C14H12F2N2O2. The third-order valence-corrected chi connectivity index (χ3v) is 2.94. The van der Waals surface area contributed by atoms with Crippen molar-refractivity contribution >= 4 is 17.1 Å². The number of rotatable bonds is 2. The van der Waals surface area contributed by atoms with E-state index in [0.717, 1.165) is 0 Å². The van der Waals surface area contributed by atoms with E-state index >= 15 is 0 Å². The molecule has 0 atom stereocenters. The van der Waals surface area contributed by atoms with Crippen molar-refractivity contribution < 1.29 is 18.3 Å². The molecule has 3 rings (SSSR count). The Morgan fingerprint density at radius 3 is 2.25 bits per heavy atom. The van der Waals surface area contributed by atoms with Gasteiger partial charge in [-0.15, -0.1) is 0 Å². The van der Waals surface area contributed by atoms with Crippen LogP contribution in [0.1, 0.15) is 0 Å². The summed E-state index contributed by atoms with van der Waals surface area (Å²) in [5.41, 5.74) is 6.27. The van der Waals surface area contributed by atoms with Crippen LogP contribution in [0.25, 0.3) is 0 Å². The third kappa shape index (κ3) is 2.20. The second-order valence-electron chi connectivity index (χ2n) is 4.30. The van der Waals surface area contributed by atoms with Crippen LogP contribution in [-0.2, 0) is 0 Å². The monoisotopic (exact) mass is 278 g/mol. The number of hydrogen-bond donors (Lipinski definition) is 2. The molecule has 6 heteroatoms. The number of halogens is 2. The fourth-order valence-corrected chi connectivity index (χ4v) is 1.96. The molecular weight excluding hydrogens is 266 g/mol. The van der Waals surface area contributed by atoms with Crippen molar-refractivity contribution in [1.82, 2.24) is 0 Å². The van der Waals surface area contributed by atoms with Crippen molar-refractivity contribution in [3.05, 3.63) is 42.0 Å². The molecule has 1 heterocycles. The number of para-hydroxylation sites is 1. The van der Waals surface area contributed by atoms with E-state index in [1.807, 2.05) is 0 Å². The minimum absolute atomic E-state index is 0.254. The van der Waals surface area contributed by atoms with Gasteiger partial charge in [0, 0.05) is 12.1 Å². The van der Waals surface area contributed by atoms with E-state index in [1.54, 1.807) is 12.1 Å². The zero-order chi connectivity index (χ0) is 14.1. The van der Waals surface area contributed by atoms with Crippen LogP contribution in [0.4, 0.5) is 25.8 Å². The molecule has 1 aliphatic heterocycles. The van der Waals surface area contributed by atoms with Crippen LogP contribution < -0.4 is 20.5 Å². The van der Waals surface area contributed by atoms with E-state index in [4.69, 9.17) is 15.2 Å². The van der Waals surface area contributed by atoms with E-state index in [9.17, 15) is 8.78 Å². The molecule has 0 radical (unpaired) electrons. The summed E-state index contributed by atoms with van der Waals surface area (Å²) in [5.74, 6) is -0.378. The molecule has 0 bridgehead atoms. The molecule has 4 nitrogen and oxygen atoms in total. The molecule has 0 aromatic heterocycles. The van der Waals surface area contributed by atoms with E-state index in [0.29, 0.717) is 36.1 Å². The predicted molar refractivity (Wildman–Crippen MR) is 71.5 cm³/mol. The Morgan fingerprint density at radius 2 is 1.60 bits per heavy atom. The van der Waals surface area contributed by atoms with E-state index < -0.39 is 11.6 Å². The molecule has 20 heavy (non-hydrogen) atoms. The van der Waals surface area contributed by atoms with Crippen molar-refractivity contribution in [2.75, 3.05) is 24.3 Å². The molecule has 0 unspecified atom stereocenters. The first-order valence-corrected chi connectivity index (χ1v) is 6.05. The van der Waals surface area contributed by atoms with E-state index in [1.165, 1.54) is 18.2 Å². The second kappa shape index (κ2) is 4.88. The molecule has 0 saturated heterocycles. The maximum atomic E-state index is 13.6. The van der Waals surface area contributed by atoms with Gasteiger partial charge in [-0.2, -0.15) is 0 Å². The van der Waals surface area contributed by atoms with Crippen LogP contribution in [0.15, 0.2) is 30.3 Å². The summed E-state index contributed by atoms with van der Waals surface area (Å²) in [6.07, 6.45) is 0. The van der Waals surface area contributed by atoms with Gasteiger partial charge in [-0.25, -0.2) is 8.78 Å². The molecule has 1 aliphatic rings. The minimum Gasteiger partial charge on any atom is -0.486 e. The first kappa shape index (κ1) is 12.5. The molecule has 3 N–H and O–H groups in total. The smallest absolute Gasteiger partial charge is 0.163 e. The zero-order valence-corrected chi connectivity index (χ0v) is 10.5. The number of benzene rings is 2. The Labute approximate surface area is 114 Å². The average Bonchev–Trinajstić information content (AvgIpc) is 2.43. The lowest BCUT2D eigenvalue weighted by Gasteiger charge is -2.20. The van der Waals surface area contributed by atoms with Crippen molar-refractivity contribution in [3.8, 4) is 11.5 Å². The standard InChI is InChI=1S/C14H12F2N2O2/c15-8-2-1-3-9(16)14(8)18-11-7-13-12(6-10(11)17)19-4-5-20-13/h1-3,6-7,18H,4-5,17H2. The van der Waals surface area contributed by atoms with Crippen LogP contribution in [0, 0.1) is 11.6 Å². The van der Waals surface area contributed by atoms with Gasteiger partial charge in [-0.3, -0.25) is 0 Å². The summed E-state index contributed by atoms with van der Waals surface area (Å²) in [6.45, 7) is 0.867. The molecule has 0 aliphatic carbocycles. The number of hydrogen-bond acceptors (Lipinski definition) is 4. The molecule has 2 aromatic rings. The highest BCUT2D eigenvalue weighted by atomic mass is 19.1. The molecule has 0 amide bonds. The van der Waals surface area contributed by atoms with Crippen molar-refractivity contribution in [1.29, 1.82) is 0 Å². The maximum absolute atomic E-state index is 13.6. The maximum Gasteiger partial charge on any atom is 0.163 e. The fourth-order valence-electron chi connectivity index (χ4n) is 1.96. The third-order valence-electron chi connectivity index (χ3n) is 2.94. The van der Waals surface area contributed by atoms with E-state index in [-0.39, 0.29) is 5.69 Å². The first-order valence-electron chi connectivity index (χ1n) is 6.05. The van der Waals surface area contributed by atoms with Crippen LogP contribution in [-0.4, -0.2) is 13.2 Å². The molecule has 104 valence electrons. The Hall–Kier alpha value is -2.50. The highest BCUT2D eigenvalue weighted by Gasteiger charge is 2.16. The van der Waals surface area contributed by atoms with Crippen LogP contribution in [0.3, 0.4) is 0 Å². The Morgan fingerprint density at radius 1 is 1.00 bits per heavy atom. The number of anilines is 3. The van der Waals surface area contributed by atoms with Gasteiger partial charge in [0.15, 0.2) is 11.5 Å². The lowest BCUT2D eigenvalue weighted by Crippen LogP contribution is -2.16. The van der Waals surface area contributed by atoms with Gasteiger partial charge in [0.2, 0.25) is 0 Å². The lowest BCUT2D eigenvalue weighted by molar-refractivity contribution is 0.172. The number of nitrogen functional groups attached to an aromatic ring is 1. The van der Waals surface area contributed by atoms with Crippen molar-refractivity contribution in [3.63, 3.8) is 0 Å². The molecule has 0 spiro atoms. The summed E-state index contributed by atoms with van der Waals surface area (Å²) < 4.78 is 38.0. The second-order valence-corrected chi connectivity index (χ2v) is 4.30. The summed E-state index contributed by atoms with van der Waals surface area (Å²) in [5, 5.41) is 2.65. The van der Waals surface area contributed by atoms with Crippen LogP contribution in [0.5, 0.6) is 11.5 Å². The summed E-state index contributed by atoms with van der Waals surface area (Å²) in [6, 6.07) is 6.76. The van der Waals surface area contributed by atoms with Gasteiger partial charge in [-0.05, 0) is 12.1 Å². The zero-order valence-electron chi connectivity index (χ0n) is 10.5. The molecule has 0 saturated carbocycles. The number of nitrogens with two attached hydrogens (primary N) is 1. The molecule has 2 aromatic carbocycles. The summed E-state index contributed by atoms with van der Waals surface area (Å²) in [4.78, 5) is 0. The highest BCUT2D eigenvalue weighted by molar-refractivity contribution is 5.77. The normalized spacial score (nSPS) is 13.1. The Bertz CT molecular complexity index is 642. The van der Waals surface area contributed by atoms with Gasteiger partial charge in [0.1, 0.15) is 30.5 Å². The van der Waals surface area contributed by atoms with Gasteiger partial charge < -0.3 is 20.5 Å². The number of nitrogens with one attached hydrogen (secondary N) is 1. The van der Waals surface area contributed by atoms with Gasteiger partial charge in [0.05, 0.1) is 11.4 Å². The van der Waals surface area contributed by atoms with Crippen molar-refractivity contribution in [2.24, 2.45) is 0 Å². The average molecular weight is 278 g/mol. The van der Waals surface area contributed by atoms with Gasteiger partial charge >= 0.3 is 0 Å². The van der Waals surface area contributed by atoms with Gasteiger partial charge in [-0.1, -0.05) is 6.07 Å². The van der Waals surface area contributed by atoms with Crippen LogP contribution >= 0.6 is 0 Å². The Balaban J connectivity index is 1.98. The fraction of sp³-hybridized carbons (Fsp3) is 0.143. The summed E-state index contributed by atoms with van der Waals surface area (Å²) in [7, 11) is 0. The largest absolute Gasteiger partial charge is 0.486 e. The summed E-state index contributed by atoms with van der Waals surface area (Å²) >= 11 is 0. The SMILES string of the molecule is Nc1cc2c(cc1Nc1c(F)cccc1F)OCCO2. The van der Waals surface area contributed by atoms with Gasteiger partial charge in [0.25, 0.3) is 0 Å². The molecule has 0 fully saturated rings. The van der Waals surface area contributed by atoms with Crippen LogP contribution in [0.2, 0.25) is 0 Å². The highest BCUT2D eigenvalue weighted by Crippen LogP contribution is 2.38. The number of fused-ring (bicyclic) bond motifs is 1. The minimum atomic E-state index is -0.695. The predicted octanol–water partition coefficient (Wildman–Crippen LogP) is 3.06. The first-order chi connectivity index (χ1) is 9.65. The lowest BCUT2D eigenvalue weighted by atomic mass is 10.2. The van der Waals surface area contributed by atoms with Crippen molar-refractivity contribution in [2.45, 2.75) is 0 Å². The quantitative estimate of drug-likeness (QED) is 0.829.